The van der Waals surface area contributed by atoms with Crippen LogP contribution in [0.2, 0.25) is 0 Å². The molecule has 1 aromatic rings. The first kappa shape index (κ1) is 17.0. The Morgan fingerprint density at radius 2 is 1.86 bits per heavy atom. The Bertz CT molecular complexity index is 462. The number of benzene rings is 1. The van der Waals surface area contributed by atoms with E-state index in [0.717, 1.165) is 6.29 Å². The first-order valence-corrected chi connectivity index (χ1v) is 6.94. The summed E-state index contributed by atoms with van der Waals surface area (Å²) in [6.45, 7) is 6.56. The molecule has 0 N–H and O–H groups in total. The Balaban J connectivity index is 2.26. The number of nitrogens with zero attached hydrogens (tertiary/aromatic N) is 1. The molecule has 5 heteroatoms. The second kappa shape index (κ2) is 7.67. The molecule has 0 atom stereocenters. The average Bonchev–Trinajstić information content (AvgIpc) is 2.42. The molecule has 0 radical (unpaired) electrons. The summed E-state index contributed by atoms with van der Waals surface area (Å²) in [6, 6.07) is 6.91. The standard InChI is InChI=1S/C16H23NO4/c1-16(2,3)21-15(19)17(4)10-5-11-20-14-8-6-13(12-18)7-9-14/h6-9,12H,5,10-11H2,1-4H3. The fourth-order valence-electron chi connectivity index (χ4n) is 1.57. The summed E-state index contributed by atoms with van der Waals surface area (Å²) >= 11 is 0. The largest absolute Gasteiger partial charge is 0.494 e. The van der Waals surface area contributed by atoms with E-state index in [1.807, 2.05) is 20.8 Å². The third-order valence-corrected chi connectivity index (χ3v) is 2.63. The van der Waals surface area contributed by atoms with Crippen molar-refractivity contribution in [1.82, 2.24) is 4.90 Å². The van der Waals surface area contributed by atoms with Gasteiger partial charge in [-0.3, -0.25) is 4.79 Å². The van der Waals surface area contributed by atoms with Crippen molar-refractivity contribution in [3.05, 3.63) is 29.8 Å². The minimum Gasteiger partial charge on any atom is -0.494 e. The average molecular weight is 293 g/mol. The lowest BCUT2D eigenvalue weighted by molar-refractivity contribution is 0.0292. The van der Waals surface area contributed by atoms with Gasteiger partial charge in [-0.25, -0.2) is 4.79 Å². The van der Waals surface area contributed by atoms with E-state index in [4.69, 9.17) is 9.47 Å². The van der Waals surface area contributed by atoms with E-state index < -0.39 is 5.60 Å². The van der Waals surface area contributed by atoms with Gasteiger partial charge in [0.25, 0.3) is 0 Å². The maximum atomic E-state index is 11.7. The van der Waals surface area contributed by atoms with Gasteiger partial charge in [-0.2, -0.15) is 0 Å². The second-order valence-corrected chi connectivity index (χ2v) is 5.79. The van der Waals surface area contributed by atoms with E-state index in [9.17, 15) is 9.59 Å². The van der Waals surface area contributed by atoms with Crippen molar-refractivity contribution in [3.8, 4) is 5.75 Å². The lowest BCUT2D eigenvalue weighted by Crippen LogP contribution is -2.35. The van der Waals surface area contributed by atoms with Gasteiger partial charge in [-0.1, -0.05) is 0 Å². The first-order chi connectivity index (χ1) is 9.81. The zero-order valence-corrected chi connectivity index (χ0v) is 13.1. The molecule has 1 rings (SSSR count). The third kappa shape index (κ3) is 6.79. The number of aldehydes is 1. The Kier molecular flexibility index (Phi) is 6.21. The Labute approximate surface area is 125 Å². The van der Waals surface area contributed by atoms with Gasteiger partial charge in [-0.15, -0.1) is 0 Å². The lowest BCUT2D eigenvalue weighted by Gasteiger charge is -2.24. The van der Waals surface area contributed by atoms with Gasteiger partial charge in [0.2, 0.25) is 0 Å². The fourth-order valence-corrected chi connectivity index (χ4v) is 1.57. The van der Waals surface area contributed by atoms with E-state index in [2.05, 4.69) is 0 Å². The van der Waals surface area contributed by atoms with Crippen molar-refractivity contribution in [1.29, 1.82) is 0 Å². The van der Waals surface area contributed by atoms with E-state index >= 15 is 0 Å². The predicted molar refractivity (Wildman–Crippen MR) is 80.8 cm³/mol. The summed E-state index contributed by atoms with van der Waals surface area (Å²) in [7, 11) is 1.70. The molecule has 116 valence electrons. The van der Waals surface area contributed by atoms with Gasteiger partial charge >= 0.3 is 6.09 Å². The number of carbonyl (C=O) groups excluding carboxylic acids is 2. The van der Waals surface area contributed by atoms with Crippen LogP contribution < -0.4 is 4.74 Å². The number of hydrogen-bond acceptors (Lipinski definition) is 4. The molecular formula is C16H23NO4. The molecule has 0 fully saturated rings. The Hall–Kier alpha value is -2.04. The molecule has 0 aromatic heterocycles. The Morgan fingerprint density at radius 1 is 1.24 bits per heavy atom. The topological polar surface area (TPSA) is 55.8 Å². The minimum absolute atomic E-state index is 0.335. The van der Waals surface area contributed by atoms with Crippen LogP contribution in [0.1, 0.15) is 37.6 Å². The smallest absolute Gasteiger partial charge is 0.410 e. The maximum absolute atomic E-state index is 11.7. The number of rotatable bonds is 6. The van der Waals surface area contributed by atoms with E-state index in [0.29, 0.717) is 30.9 Å². The minimum atomic E-state index is -0.484. The van der Waals surface area contributed by atoms with Gasteiger partial charge in [0, 0.05) is 19.2 Å². The number of carbonyl (C=O) groups is 2. The van der Waals surface area contributed by atoms with E-state index in [1.165, 1.54) is 4.90 Å². The molecule has 5 nitrogen and oxygen atoms in total. The highest BCUT2D eigenvalue weighted by Crippen LogP contribution is 2.12. The normalized spacial score (nSPS) is 10.9. The van der Waals surface area contributed by atoms with Crippen LogP contribution >= 0.6 is 0 Å². The van der Waals surface area contributed by atoms with Gasteiger partial charge in [0.1, 0.15) is 17.6 Å². The van der Waals surface area contributed by atoms with Gasteiger partial charge in [0.05, 0.1) is 6.61 Å². The maximum Gasteiger partial charge on any atom is 0.410 e. The summed E-state index contributed by atoms with van der Waals surface area (Å²) in [5.74, 6) is 0.709. The fraction of sp³-hybridized carbons (Fsp3) is 0.500. The second-order valence-electron chi connectivity index (χ2n) is 5.79. The van der Waals surface area contributed by atoms with Crippen molar-refractivity contribution in [2.24, 2.45) is 0 Å². The SMILES string of the molecule is CN(CCCOc1ccc(C=O)cc1)C(=O)OC(C)(C)C. The molecule has 0 bridgehead atoms. The highest BCUT2D eigenvalue weighted by atomic mass is 16.6. The highest BCUT2D eigenvalue weighted by molar-refractivity contribution is 5.74. The lowest BCUT2D eigenvalue weighted by atomic mass is 10.2. The number of ether oxygens (including phenoxy) is 2. The molecular weight excluding hydrogens is 270 g/mol. The molecule has 0 aliphatic rings. The van der Waals surface area contributed by atoms with Gasteiger partial charge in [-0.05, 0) is 51.5 Å². The van der Waals surface area contributed by atoms with Crippen LogP contribution in [-0.2, 0) is 4.74 Å². The third-order valence-electron chi connectivity index (χ3n) is 2.63. The monoisotopic (exact) mass is 293 g/mol. The summed E-state index contributed by atoms with van der Waals surface area (Å²) in [4.78, 5) is 23.8. The molecule has 0 saturated carbocycles. The van der Waals surface area contributed by atoms with Crippen molar-refractivity contribution in [2.75, 3.05) is 20.2 Å². The van der Waals surface area contributed by atoms with Crippen LogP contribution in [0.15, 0.2) is 24.3 Å². The van der Waals surface area contributed by atoms with E-state index in [1.54, 1.807) is 31.3 Å². The molecule has 0 spiro atoms. The van der Waals surface area contributed by atoms with Crippen LogP contribution in [0.25, 0.3) is 0 Å². The van der Waals surface area contributed by atoms with Crippen LogP contribution in [-0.4, -0.2) is 43.1 Å². The predicted octanol–water partition coefficient (Wildman–Crippen LogP) is 3.13. The summed E-state index contributed by atoms with van der Waals surface area (Å²) in [5.41, 5.74) is 0.134. The number of hydrogen-bond donors (Lipinski definition) is 0. The van der Waals surface area contributed by atoms with Crippen molar-refractivity contribution >= 4 is 12.4 Å². The van der Waals surface area contributed by atoms with Crippen LogP contribution in [0.3, 0.4) is 0 Å². The molecule has 0 saturated heterocycles. The molecule has 21 heavy (non-hydrogen) atoms. The summed E-state index contributed by atoms with van der Waals surface area (Å²) < 4.78 is 10.8. The molecule has 0 heterocycles. The summed E-state index contributed by atoms with van der Waals surface area (Å²) in [6.07, 6.45) is 1.16. The zero-order valence-electron chi connectivity index (χ0n) is 13.1. The molecule has 0 unspecified atom stereocenters. The number of amides is 1. The van der Waals surface area contributed by atoms with Gasteiger partial charge in [0.15, 0.2) is 0 Å². The molecule has 0 aliphatic carbocycles. The van der Waals surface area contributed by atoms with Crippen molar-refractivity contribution in [3.63, 3.8) is 0 Å². The van der Waals surface area contributed by atoms with E-state index in [-0.39, 0.29) is 6.09 Å². The van der Waals surface area contributed by atoms with Crippen molar-refractivity contribution in [2.45, 2.75) is 32.8 Å². The molecule has 0 aliphatic heterocycles. The van der Waals surface area contributed by atoms with Crippen molar-refractivity contribution < 1.29 is 19.1 Å². The summed E-state index contributed by atoms with van der Waals surface area (Å²) in [5, 5.41) is 0. The highest BCUT2D eigenvalue weighted by Gasteiger charge is 2.19. The quantitative estimate of drug-likeness (QED) is 0.597. The van der Waals surface area contributed by atoms with Crippen LogP contribution in [0.5, 0.6) is 5.75 Å². The zero-order chi connectivity index (χ0) is 15.9. The molecule has 1 amide bonds. The molecule has 1 aromatic carbocycles. The first-order valence-electron chi connectivity index (χ1n) is 6.94. The van der Waals surface area contributed by atoms with Gasteiger partial charge < -0.3 is 14.4 Å². The van der Waals surface area contributed by atoms with Crippen LogP contribution in [0, 0.1) is 0 Å². The Morgan fingerprint density at radius 3 is 2.38 bits per heavy atom. The van der Waals surface area contributed by atoms with Crippen LogP contribution in [0.4, 0.5) is 4.79 Å².